The number of rotatable bonds is 7. The van der Waals surface area contributed by atoms with Crippen molar-refractivity contribution in [3.05, 3.63) is 11.6 Å². The van der Waals surface area contributed by atoms with Gasteiger partial charge in [0.2, 0.25) is 0 Å². The zero-order valence-corrected chi connectivity index (χ0v) is 15.3. The van der Waals surface area contributed by atoms with Gasteiger partial charge in [0.05, 0.1) is 44.2 Å². The van der Waals surface area contributed by atoms with Crippen LogP contribution in [0.5, 0.6) is 0 Å². The van der Waals surface area contributed by atoms with Crippen LogP contribution in [0.2, 0.25) is 0 Å². The van der Waals surface area contributed by atoms with Crippen molar-refractivity contribution in [2.45, 2.75) is 70.2 Å². The lowest BCUT2D eigenvalue weighted by molar-refractivity contribution is -0.167. The Kier molecular flexibility index (Phi) is 6.99. The molecule has 144 valence electrons. The fourth-order valence-electron chi connectivity index (χ4n) is 3.30. The first kappa shape index (κ1) is 20.3. The maximum Gasteiger partial charge on any atom is 0.330 e. The van der Waals surface area contributed by atoms with Gasteiger partial charge in [0, 0.05) is 12.0 Å². The molecule has 0 amide bonds. The molecule has 0 aromatic carbocycles. The first-order valence-corrected chi connectivity index (χ1v) is 8.81. The van der Waals surface area contributed by atoms with E-state index in [4.69, 9.17) is 9.47 Å². The van der Waals surface area contributed by atoms with E-state index in [0.29, 0.717) is 25.0 Å². The van der Waals surface area contributed by atoms with Crippen LogP contribution in [-0.2, 0) is 19.0 Å². The molecule has 0 radical (unpaired) electrons. The smallest absolute Gasteiger partial charge is 0.330 e. The number of hydrogen-bond acceptors (Lipinski definition) is 7. The molecule has 2 saturated heterocycles. The zero-order chi connectivity index (χ0) is 18.7. The van der Waals surface area contributed by atoms with E-state index in [1.807, 2.05) is 6.92 Å². The van der Waals surface area contributed by atoms with E-state index in [1.54, 1.807) is 13.8 Å². The Morgan fingerprint density at radius 1 is 1.28 bits per heavy atom. The lowest BCUT2D eigenvalue weighted by atomic mass is 9.85. The average molecular weight is 358 g/mol. The molecule has 2 aliphatic heterocycles. The van der Waals surface area contributed by atoms with Crippen LogP contribution in [0.25, 0.3) is 0 Å². The first-order valence-electron chi connectivity index (χ1n) is 8.81. The summed E-state index contributed by atoms with van der Waals surface area (Å²) in [4.78, 5) is 11.2. The predicted molar refractivity (Wildman–Crippen MR) is 89.8 cm³/mol. The highest BCUT2D eigenvalue weighted by Crippen LogP contribution is 2.40. The lowest BCUT2D eigenvalue weighted by Crippen LogP contribution is -2.52. The predicted octanol–water partition coefficient (Wildman–Crippen LogP) is 0.407. The Balaban J connectivity index is 1.86. The van der Waals surface area contributed by atoms with Crippen LogP contribution in [0.3, 0.4) is 0 Å². The van der Waals surface area contributed by atoms with E-state index >= 15 is 0 Å². The number of epoxide rings is 1. The second-order valence-electron chi connectivity index (χ2n) is 7.33. The Morgan fingerprint density at radius 3 is 2.56 bits per heavy atom. The van der Waals surface area contributed by atoms with Crippen LogP contribution >= 0.6 is 0 Å². The molecule has 1 unspecified atom stereocenters. The summed E-state index contributed by atoms with van der Waals surface area (Å²) in [5, 5.41) is 30.4. The molecule has 0 aliphatic carbocycles. The van der Waals surface area contributed by atoms with E-state index in [9.17, 15) is 20.1 Å². The molecule has 0 spiro atoms. The van der Waals surface area contributed by atoms with E-state index < -0.39 is 30.4 Å². The van der Waals surface area contributed by atoms with Gasteiger partial charge in [-0.15, -0.1) is 0 Å². The number of ether oxygens (including phenoxy) is 3. The summed E-state index contributed by atoms with van der Waals surface area (Å²) < 4.78 is 15.9. The highest BCUT2D eigenvalue weighted by Gasteiger charge is 2.52. The highest BCUT2D eigenvalue weighted by molar-refractivity contribution is 5.82. The third kappa shape index (κ3) is 5.24. The molecule has 3 N–H and O–H groups in total. The molecule has 2 heterocycles. The molecule has 2 rings (SSSR count). The van der Waals surface area contributed by atoms with Crippen molar-refractivity contribution in [3.63, 3.8) is 0 Å². The van der Waals surface area contributed by atoms with Gasteiger partial charge in [-0.1, -0.05) is 12.5 Å². The molecule has 7 heteroatoms. The lowest BCUT2D eigenvalue weighted by Gasteiger charge is -2.37. The third-order valence-electron chi connectivity index (χ3n) is 5.23. The largest absolute Gasteiger partial charge is 0.466 e. The van der Waals surface area contributed by atoms with Crippen LogP contribution in [0.4, 0.5) is 0 Å². The summed E-state index contributed by atoms with van der Waals surface area (Å²) in [6.07, 6.45) is -0.722. The quantitative estimate of drug-likeness (QED) is 0.343. The summed E-state index contributed by atoms with van der Waals surface area (Å²) in [5.74, 6) is -0.634. The second-order valence-corrected chi connectivity index (χ2v) is 7.33. The molecular formula is C18H30O7. The average Bonchev–Trinajstić information content (AvgIpc) is 3.30. The molecule has 0 aromatic heterocycles. The van der Waals surface area contributed by atoms with Gasteiger partial charge in [0.1, 0.15) is 6.10 Å². The first-order chi connectivity index (χ1) is 11.7. The summed E-state index contributed by atoms with van der Waals surface area (Å²) >= 11 is 0. The number of hydrogen-bond donors (Lipinski definition) is 3. The van der Waals surface area contributed by atoms with Crippen molar-refractivity contribution in [2.75, 3.05) is 13.7 Å². The van der Waals surface area contributed by atoms with Crippen LogP contribution in [0, 0.1) is 11.8 Å². The maximum absolute atomic E-state index is 11.2. The van der Waals surface area contributed by atoms with Gasteiger partial charge < -0.3 is 29.5 Å². The SMILES string of the molecule is COC(=O)C=C(C)C[C@@H]1OC[C@H](C2O[C@H]2C[C@H](C)[C@H](C)O)[C@@H](O)[C@H]1O. The van der Waals surface area contributed by atoms with E-state index in [2.05, 4.69) is 4.74 Å². The molecule has 0 aromatic rings. The Bertz CT molecular complexity index is 490. The maximum atomic E-state index is 11.2. The molecule has 8 atom stereocenters. The number of carbonyl (C=O) groups excluding carboxylic acids is 1. The fraction of sp³-hybridized carbons (Fsp3) is 0.833. The van der Waals surface area contributed by atoms with Crippen molar-refractivity contribution in [3.8, 4) is 0 Å². The summed E-state index contributed by atoms with van der Waals surface area (Å²) in [5.41, 5.74) is 0.716. The van der Waals surface area contributed by atoms with E-state index in [-0.39, 0.29) is 24.0 Å². The topological polar surface area (TPSA) is 109 Å². The Labute approximate surface area is 148 Å². The number of methoxy groups -OCH3 is 1. The summed E-state index contributed by atoms with van der Waals surface area (Å²) in [6, 6.07) is 0. The molecule has 2 aliphatic rings. The molecular weight excluding hydrogens is 328 g/mol. The third-order valence-corrected chi connectivity index (χ3v) is 5.23. The minimum atomic E-state index is -1.04. The van der Waals surface area contributed by atoms with Gasteiger partial charge in [-0.2, -0.15) is 0 Å². The van der Waals surface area contributed by atoms with Crippen LogP contribution in [-0.4, -0.2) is 71.6 Å². The number of esters is 1. The minimum absolute atomic E-state index is 0.0162. The van der Waals surface area contributed by atoms with Crippen LogP contribution < -0.4 is 0 Å². The molecule has 2 fully saturated rings. The van der Waals surface area contributed by atoms with Gasteiger partial charge in [0.25, 0.3) is 0 Å². The van der Waals surface area contributed by atoms with E-state index in [1.165, 1.54) is 13.2 Å². The minimum Gasteiger partial charge on any atom is -0.466 e. The normalized spacial score (nSPS) is 38.1. The Hall–Kier alpha value is -0.990. The van der Waals surface area contributed by atoms with Gasteiger partial charge in [-0.25, -0.2) is 4.79 Å². The van der Waals surface area contributed by atoms with E-state index in [0.717, 1.165) is 0 Å². The van der Waals surface area contributed by atoms with Gasteiger partial charge in [-0.3, -0.25) is 0 Å². The van der Waals surface area contributed by atoms with Gasteiger partial charge >= 0.3 is 5.97 Å². The molecule has 0 bridgehead atoms. The summed E-state index contributed by atoms with van der Waals surface area (Å²) in [6.45, 7) is 5.75. The van der Waals surface area contributed by atoms with Crippen LogP contribution in [0.1, 0.15) is 33.6 Å². The second kappa shape index (κ2) is 8.60. The standard InChI is InChI=1S/C18H30O7/c1-9(6-15(20)23-4)5-13-17(22)16(21)12(8-24-13)18-14(25-18)7-10(2)11(3)19/h6,10-14,16-19,21-22H,5,7-8H2,1-4H3/t10-,11-,12-,13-,14-,16+,17-,18?/m0/s1. The summed E-state index contributed by atoms with van der Waals surface area (Å²) in [7, 11) is 1.30. The molecule has 7 nitrogen and oxygen atoms in total. The monoisotopic (exact) mass is 358 g/mol. The number of aliphatic hydroxyl groups excluding tert-OH is 3. The van der Waals surface area contributed by atoms with Crippen LogP contribution in [0.15, 0.2) is 11.6 Å². The van der Waals surface area contributed by atoms with Crippen molar-refractivity contribution < 1.29 is 34.3 Å². The van der Waals surface area contributed by atoms with Crippen molar-refractivity contribution >= 4 is 5.97 Å². The molecule has 25 heavy (non-hydrogen) atoms. The van der Waals surface area contributed by atoms with Gasteiger partial charge in [0.15, 0.2) is 0 Å². The Morgan fingerprint density at radius 2 is 1.96 bits per heavy atom. The van der Waals surface area contributed by atoms with Crippen molar-refractivity contribution in [1.29, 1.82) is 0 Å². The number of carbonyl (C=O) groups is 1. The van der Waals surface area contributed by atoms with Crippen molar-refractivity contribution in [1.82, 2.24) is 0 Å². The number of aliphatic hydroxyl groups is 3. The molecule has 0 saturated carbocycles. The highest BCUT2D eigenvalue weighted by atomic mass is 16.6. The fourth-order valence-corrected chi connectivity index (χ4v) is 3.30. The van der Waals surface area contributed by atoms with Crippen molar-refractivity contribution in [2.24, 2.45) is 11.8 Å². The van der Waals surface area contributed by atoms with Gasteiger partial charge in [-0.05, 0) is 32.6 Å². The zero-order valence-electron chi connectivity index (χ0n) is 15.3.